The number of aromatic hydroxyl groups is 1. The van der Waals surface area contributed by atoms with Crippen molar-refractivity contribution in [3.63, 3.8) is 0 Å². The number of alkyl carbamates (subject to hydrolysis) is 1. The summed E-state index contributed by atoms with van der Waals surface area (Å²) < 4.78 is 5.49. The van der Waals surface area contributed by atoms with E-state index in [1.807, 2.05) is 45.9 Å². The molecule has 3 atom stereocenters. The summed E-state index contributed by atoms with van der Waals surface area (Å²) in [7, 11) is 0. The number of ether oxygens (including phenoxy) is 1. The Hall–Kier alpha value is -3.55. The average molecular weight is 554 g/mol. The normalized spacial score (nSPS) is 13.6. The molecule has 3 amide bonds. The second-order valence-corrected chi connectivity index (χ2v) is 11.5. The molecule has 3 N–H and O–H groups in total. The van der Waals surface area contributed by atoms with E-state index in [1.54, 1.807) is 37.8 Å². The van der Waals surface area contributed by atoms with Crippen molar-refractivity contribution in [2.75, 3.05) is 6.54 Å². The monoisotopic (exact) mass is 553 g/mol. The Bertz CT molecular complexity index is 1140. The van der Waals surface area contributed by atoms with E-state index >= 15 is 0 Å². The number of nitrogens with one attached hydrogen (secondary N) is 2. The van der Waals surface area contributed by atoms with E-state index in [0.29, 0.717) is 18.5 Å². The fraction of sp³-hybridized carbons (Fsp3) is 0.531. The SMILES string of the molecule is CCCCNC(=O)C(c1ccc(C)c(C)c1)N(C(=O)C(Cc1ccc(O)cc1)NC(=O)OC(C)(C)C)C(C)CC. The summed E-state index contributed by atoms with van der Waals surface area (Å²) >= 11 is 0. The lowest BCUT2D eigenvalue weighted by Crippen LogP contribution is -2.56. The minimum Gasteiger partial charge on any atom is -0.508 e. The Morgan fingerprint density at radius 2 is 1.65 bits per heavy atom. The molecule has 0 heterocycles. The molecule has 220 valence electrons. The van der Waals surface area contributed by atoms with Gasteiger partial charge in [-0.1, -0.05) is 50.6 Å². The number of hydrogen-bond donors (Lipinski definition) is 3. The third-order valence-electron chi connectivity index (χ3n) is 6.89. The number of phenolic OH excluding ortho intramolecular Hbond substituents is 1. The van der Waals surface area contributed by atoms with E-state index in [2.05, 4.69) is 17.6 Å². The highest BCUT2D eigenvalue weighted by molar-refractivity contribution is 5.92. The van der Waals surface area contributed by atoms with Crippen molar-refractivity contribution in [2.45, 2.75) is 105 Å². The number of nitrogens with zero attached hydrogens (tertiary/aromatic N) is 1. The average Bonchev–Trinajstić information content (AvgIpc) is 2.88. The molecule has 0 radical (unpaired) electrons. The molecule has 3 unspecified atom stereocenters. The molecule has 8 heteroatoms. The van der Waals surface area contributed by atoms with Gasteiger partial charge in [-0.2, -0.15) is 0 Å². The predicted molar refractivity (Wildman–Crippen MR) is 158 cm³/mol. The first kappa shape index (κ1) is 32.7. The minimum absolute atomic E-state index is 0.103. The molecule has 0 saturated carbocycles. The maximum Gasteiger partial charge on any atom is 0.408 e. The number of aryl methyl sites for hydroxylation is 2. The van der Waals surface area contributed by atoms with Crippen molar-refractivity contribution in [2.24, 2.45) is 0 Å². The molecule has 40 heavy (non-hydrogen) atoms. The maximum absolute atomic E-state index is 14.4. The van der Waals surface area contributed by atoms with E-state index in [9.17, 15) is 19.5 Å². The van der Waals surface area contributed by atoms with Crippen LogP contribution in [0.4, 0.5) is 4.79 Å². The molecule has 0 bridgehead atoms. The summed E-state index contributed by atoms with van der Waals surface area (Å²) in [6.45, 7) is 15.7. The topological polar surface area (TPSA) is 108 Å². The summed E-state index contributed by atoms with van der Waals surface area (Å²) in [6.07, 6.45) is 1.79. The molecular formula is C32H47N3O5. The van der Waals surface area contributed by atoms with Gasteiger partial charge in [-0.3, -0.25) is 9.59 Å². The third-order valence-corrected chi connectivity index (χ3v) is 6.89. The lowest BCUT2D eigenvalue weighted by molar-refractivity contribution is -0.145. The molecule has 0 saturated heterocycles. The Morgan fingerprint density at radius 1 is 1.00 bits per heavy atom. The zero-order valence-corrected chi connectivity index (χ0v) is 25.3. The molecule has 2 aromatic rings. The van der Waals surface area contributed by atoms with Crippen LogP contribution in [0.25, 0.3) is 0 Å². The molecule has 8 nitrogen and oxygen atoms in total. The van der Waals surface area contributed by atoms with Crippen LogP contribution in [-0.4, -0.2) is 52.1 Å². The van der Waals surface area contributed by atoms with Gasteiger partial charge in [0.15, 0.2) is 0 Å². The van der Waals surface area contributed by atoms with Crippen molar-refractivity contribution in [1.82, 2.24) is 15.5 Å². The van der Waals surface area contributed by atoms with Gasteiger partial charge in [-0.25, -0.2) is 4.79 Å². The Balaban J connectivity index is 2.59. The van der Waals surface area contributed by atoms with Crippen LogP contribution in [0, 0.1) is 13.8 Å². The van der Waals surface area contributed by atoms with E-state index < -0.39 is 23.8 Å². The number of carbonyl (C=O) groups is 3. The summed E-state index contributed by atoms with van der Waals surface area (Å²) in [6, 6.07) is 10.1. The summed E-state index contributed by atoms with van der Waals surface area (Å²) in [4.78, 5) is 42.7. The van der Waals surface area contributed by atoms with Crippen molar-refractivity contribution >= 4 is 17.9 Å². The molecular weight excluding hydrogens is 506 g/mol. The Labute approximate surface area is 239 Å². The van der Waals surface area contributed by atoms with Crippen LogP contribution in [-0.2, 0) is 20.7 Å². The van der Waals surface area contributed by atoms with Crippen LogP contribution in [0.2, 0.25) is 0 Å². The van der Waals surface area contributed by atoms with E-state index in [0.717, 1.165) is 29.5 Å². The summed E-state index contributed by atoms with van der Waals surface area (Å²) in [5.74, 6) is -0.542. The number of hydrogen-bond acceptors (Lipinski definition) is 5. The van der Waals surface area contributed by atoms with Gasteiger partial charge in [0.25, 0.3) is 0 Å². The molecule has 2 rings (SSSR count). The molecule has 2 aromatic carbocycles. The first-order valence-electron chi connectivity index (χ1n) is 14.2. The van der Waals surface area contributed by atoms with Gasteiger partial charge >= 0.3 is 6.09 Å². The zero-order valence-electron chi connectivity index (χ0n) is 25.3. The van der Waals surface area contributed by atoms with E-state index in [4.69, 9.17) is 4.74 Å². The molecule has 0 aliphatic rings. The van der Waals surface area contributed by atoms with Gasteiger partial charge in [-0.05, 0) is 88.8 Å². The van der Waals surface area contributed by atoms with E-state index in [-0.39, 0.29) is 30.0 Å². The predicted octanol–water partition coefficient (Wildman–Crippen LogP) is 5.73. The fourth-order valence-corrected chi connectivity index (χ4v) is 4.35. The second kappa shape index (κ2) is 14.7. The smallest absolute Gasteiger partial charge is 0.408 e. The van der Waals surface area contributed by atoms with Gasteiger partial charge in [0.05, 0.1) is 0 Å². The maximum atomic E-state index is 14.4. The van der Waals surface area contributed by atoms with E-state index in [1.165, 1.54) is 12.1 Å². The Kier molecular flexibility index (Phi) is 12.0. The van der Waals surface area contributed by atoms with Crippen LogP contribution in [0.3, 0.4) is 0 Å². The second-order valence-electron chi connectivity index (χ2n) is 11.5. The van der Waals surface area contributed by atoms with Crippen LogP contribution in [0.1, 0.15) is 89.1 Å². The highest BCUT2D eigenvalue weighted by Crippen LogP contribution is 2.28. The van der Waals surface area contributed by atoms with Gasteiger partial charge in [-0.15, -0.1) is 0 Å². The van der Waals surface area contributed by atoms with Crippen molar-refractivity contribution in [3.05, 3.63) is 64.7 Å². The first-order valence-corrected chi connectivity index (χ1v) is 14.2. The third kappa shape index (κ3) is 9.57. The van der Waals surface area contributed by atoms with Crippen LogP contribution in [0.5, 0.6) is 5.75 Å². The molecule has 0 aliphatic carbocycles. The Morgan fingerprint density at radius 3 is 2.20 bits per heavy atom. The van der Waals surface area contributed by atoms with Gasteiger partial charge in [0, 0.05) is 19.0 Å². The van der Waals surface area contributed by atoms with Crippen molar-refractivity contribution < 1.29 is 24.2 Å². The summed E-state index contributed by atoms with van der Waals surface area (Å²) in [5.41, 5.74) is 2.81. The number of carbonyl (C=O) groups excluding carboxylic acids is 3. The number of unbranched alkanes of at least 4 members (excludes halogenated alkanes) is 1. The van der Waals surface area contributed by atoms with Crippen molar-refractivity contribution in [3.8, 4) is 5.75 Å². The van der Waals surface area contributed by atoms with Gasteiger partial charge in [0.2, 0.25) is 11.8 Å². The van der Waals surface area contributed by atoms with Crippen LogP contribution >= 0.6 is 0 Å². The number of amides is 3. The molecule has 0 spiro atoms. The fourth-order valence-electron chi connectivity index (χ4n) is 4.35. The quantitative estimate of drug-likeness (QED) is 0.291. The zero-order chi connectivity index (χ0) is 30.0. The number of rotatable bonds is 12. The standard InChI is InChI=1S/C32H47N3O5/c1-9-11-18-33-29(37)28(25-15-12-21(3)22(4)19-25)35(23(5)10-2)30(38)27(34-31(39)40-32(6,7)8)20-24-13-16-26(36)17-14-24/h12-17,19,23,27-28,36H,9-11,18,20H2,1-8H3,(H,33,37)(H,34,39). The number of benzene rings is 2. The van der Waals surface area contributed by atoms with Crippen molar-refractivity contribution in [1.29, 1.82) is 0 Å². The van der Waals surface area contributed by atoms with Crippen LogP contribution < -0.4 is 10.6 Å². The molecule has 0 aliphatic heterocycles. The van der Waals surface area contributed by atoms with Crippen LogP contribution in [0.15, 0.2) is 42.5 Å². The highest BCUT2D eigenvalue weighted by Gasteiger charge is 2.38. The van der Waals surface area contributed by atoms with Gasteiger partial charge < -0.3 is 25.4 Å². The minimum atomic E-state index is -1.01. The van der Waals surface area contributed by atoms with Gasteiger partial charge in [0.1, 0.15) is 23.4 Å². The summed E-state index contributed by atoms with van der Waals surface area (Å²) in [5, 5.41) is 15.5. The molecule has 0 fully saturated rings. The lowest BCUT2D eigenvalue weighted by atomic mass is 9.95. The first-order chi connectivity index (χ1) is 18.8. The molecule has 0 aromatic heterocycles. The largest absolute Gasteiger partial charge is 0.508 e. The highest BCUT2D eigenvalue weighted by atomic mass is 16.6. The lowest BCUT2D eigenvalue weighted by Gasteiger charge is -2.38. The number of phenols is 1.